The number of hydrogen-bond donors (Lipinski definition) is 0. The second-order valence-corrected chi connectivity index (χ2v) is 8.88. The van der Waals surface area contributed by atoms with Gasteiger partial charge in [-0.1, -0.05) is 15.9 Å². The van der Waals surface area contributed by atoms with E-state index < -0.39 is 29.8 Å². The molecule has 0 spiro atoms. The molecule has 3 rings (SSSR count). The Hall–Kier alpha value is -1.89. The van der Waals surface area contributed by atoms with Crippen molar-refractivity contribution < 1.29 is 23.9 Å². The number of carbonyl (C=O) groups is 3. The number of Topliss-reactive ketones (excluding diaryl/α,β-unsaturated/α-hetero) is 1. The number of benzene rings is 1. The minimum absolute atomic E-state index is 0.182. The zero-order valence-electron chi connectivity index (χ0n) is 15.8. The van der Waals surface area contributed by atoms with Gasteiger partial charge in [-0.05, 0) is 70.2 Å². The van der Waals surface area contributed by atoms with Crippen LogP contribution in [0.25, 0.3) is 0 Å². The van der Waals surface area contributed by atoms with E-state index in [9.17, 15) is 14.4 Å². The molecule has 1 aromatic carbocycles. The molecule has 1 aliphatic heterocycles. The van der Waals surface area contributed by atoms with Crippen LogP contribution in [-0.4, -0.2) is 47.0 Å². The SMILES string of the molecule is CC(C)(C)OC(=O)N1CCCC1C(=O)OC1CCc2cc(Br)ccc2C1=O. The van der Waals surface area contributed by atoms with Crippen molar-refractivity contribution >= 4 is 33.8 Å². The summed E-state index contributed by atoms with van der Waals surface area (Å²) in [6, 6.07) is 4.79. The molecule has 146 valence electrons. The van der Waals surface area contributed by atoms with E-state index in [1.165, 1.54) is 4.90 Å². The molecular weight excluding hydrogens is 414 g/mol. The summed E-state index contributed by atoms with van der Waals surface area (Å²) >= 11 is 3.41. The summed E-state index contributed by atoms with van der Waals surface area (Å²) in [4.78, 5) is 39.1. The Labute approximate surface area is 167 Å². The Morgan fingerprint density at radius 3 is 2.67 bits per heavy atom. The Bertz CT molecular complexity index is 770. The van der Waals surface area contributed by atoms with Crippen LogP contribution in [0, 0.1) is 0 Å². The van der Waals surface area contributed by atoms with Gasteiger partial charge in [-0.15, -0.1) is 0 Å². The largest absolute Gasteiger partial charge is 0.452 e. The lowest BCUT2D eigenvalue weighted by Crippen LogP contribution is -2.45. The van der Waals surface area contributed by atoms with Crippen LogP contribution < -0.4 is 0 Å². The van der Waals surface area contributed by atoms with Gasteiger partial charge in [-0.25, -0.2) is 9.59 Å². The molecule has 0 aromatic heterocycles. The van der Waals surface area contributed by atoms with E-state index in [1.807, 2.05) is 12.1 Å². The number of nitrogens with zero attached hydrogens (tertiary/aromatic N) is 1. The highest BCUT2D eigenvalue weighted by Gasteiger charge is 2.40. The maximum Gasteiger partial charge on any atom is 0.411 e. The minimum atomic E-state index is -0.799. The molecule has 1 aliphatic carbocycles. The van der Waals surface area contributed by atoms with Crippen LogP contribution in [0.1, 0.15) is 56.0 Å². The van der Waals surface area contributed by atoms with Gasteiger partial charge >= 0.3 is 12.1 Å². The maximum absolute atomic E-state index is 12.7. The number of ketones is 1. The third-order valence-electron chi connectivity index (χ3n) is 4.71. The smallest absolute Gasteiger partial charge is 0.411 e. The van der Waals surface area contributed by atoms with E-state index in [-0.39, 0.29) is 5.78 Å². The highest BCUT2D eigenvalue weighted by Crippen LogP contribution is 2.28. The van der Waals surface area contributed by atoms with Gasteiger partial charge in [0.15, 0.2) is 6.10 Å². The Kier molecular flexibility index (Phi) is 5.60. The highest BCUT2D eigenvalue weighted by atomic mass is 79.9. The molecule has 1 aromatic rings. The summed E-state index contributed by atoms with van der Waals surface area (Å²) in [5.74, 6) is -0.712. The van der Waals surface area contributed by atoms with E-state index >= 15 is 0 Å². The van der Waals surface area contributed by atoms with Crippen molar-refractivity contribution in [3.63, 3.8) is 0 Å². The first-order valence-electron chi connectivity index (χ1n) is 9.18. The molecule has 1 heterocycles. The summed E-state index contributed by atoms with van der Waals surface area (Å²) in [5.41, 5.74) is 0.918. The number of aryl methyl sites for hydroxylation is 1. The predicted molar refractivity (Wildman–Crippen MR) is 103 cm³/mol. The molecule has 2 unspecified atom stereocenters. The first-order valence-corrected chi connectivity index (χ1v) is 9.98. The third-order valence-corrected chi connectivity index (χ3v) is 5.21. The molecule has 6 nitrogen and oxygen atoms in total. The second kappa shape index (κ2) is 7.62. The van der Waals surface area contributed by atoms with Crippen molar-refractivity contribution in [3.05, 3.63) is 33.8 Å². The number of hydrogen-bond acceptors (Lipinski definition) is 5. The normalized spacial score (nSPS) is 22.4. The Morgan fingerprint density at radius 1 is 1.22 bits per heavy atom. The first-order chi connectivity index (χ1) is 12.7. The van der Waals surface area contributed by atoms with E-state index in [4.69, 9.17) is 9.47 Å². The lowest BCUT2D eigenvalue weighted by atomic mass is 9.88. The van der Waals surface area contributed by atoms with E-state index in [0.717, 1.165) is 10.0 Å². The fraction of sp³-hybridized carbons (Fsp3) is 0.550. The quantitative estimate of drug-likeness (QED) is 0.656. The molecule has 0 N–H and O–H groups in total. The number of amides is 1. The van der Waals surface area contributed by atoms with Crippen molar-refractivity contribution in [1.82, 2.24) is 4.90 Å². The molecule has 1 fully saturated rings. The Balaban J connectivity index is 1.67. The molecule has 2 atom stereocenters. The summed E-state index contributed by atoms with van der Waals surface area (Å²) in [6.45, 7) is 5.80. The molecule has 2 aliphatic rings. The lowest BCUT2D eigenvalue weighted by molar-refractivity contribution is -0.152. The van der Waals surface area contributed by atoms with Gasteiger partial charge in [0.05, 0.1) is 0 Å². The van der Waals surface area contributed by atoms with Crippen LogP contribution in [0.5, 0.6) is 0 Å². The molecule has 0 saturated carbocycles. The zero-order chi connectivity index (χ0) is 19.8. The average molecular weight is 438 g/mol. The predicted octanol–water partition coefficient (Wildman–Crippen LogP) is 3.89. The van der Waals surface area contributed by atoms with Crippen LogP contribution in [0.4, 0.5) is 4.79 Å². The molecule has 7 heteroatoms. The highest BCUT2D eigenvalue weighted by molar-refractivity contribution is 9.10. The van der Waals surface area contributed by atoms with Crippen LogP contribution in [0.2, 0.25) is 0 Å². The van der Waals surface area contributed by atoms with E-state index in [0.29, 0.717) is 37.8 Å². The van der Waals surface area contributed by atoms with Gasteiger partial charge in [0.1, 0.15) is 11.6 Å². The number of carbonyl (C=O) groups excluding carboxylic acids is 3. The number of esters is 1. The van der Waals surface area contributed by atoms with Crippen molar-refractivity contribution in [2.75, 3.05) is 6.54 Å². The average Bonchev–Trinajstić information content (AvgIpc) is 3.06. The molecular formula is C20H24BrNO5. The minimum Gasteiger partial charge on any atom is -0.452 e. The summed E-state index contributed by atoms with van der Waals surface area (Å²) in [7, 11) is 0. The molecule has 0 bridgehead atoms. The second-order valence-electron chi connectivity index (χ2n) is 7.96. The fourth-order valence-corrected chi connectivity index (χ4v) is 3.89. The Morgan fingerprint density at radius 2 is 1.96 bits per heavy atom. The maximum atomic E-state index is 12.7. The first kappa shape index (κ1) is 19.9. The third kappa shape index (κ3) is 4.51. The van der Waals surface area contributed by atoms with Gasteiger partial charge in [-0.3, -0.25) is 9.69 Å². The number of fused-ring (bicyclic) bond motifs is 1. The van der Waals surface area contributed by atoms with Crippen LogP contribution >= 0.6 is 15.9 Å². The molecule has 1 saturated heterocycles. The van der Waals surface area contributed by atoms with Crippen molar-refractivity contribution in [2.45, 2.75) is 64.2 Å². The molecule has 27 heavy (non-hydrogen) atoms. The van der Waals surface area contributed by atoms with Crippen molar-refractivity contribution in [1.29, 1.82) is 0 Å². The van der Waals surface area contributed by atoms with Gasteiger partial charge in [0, 0.05) is 16.6 Å². The van der Waals surface area contributed by atoms with E-state index in [2.05, 4.69) is 15.9 Å². The fourth-order valence-electron chi connectivity index (χ4n) is 3.48. The van der Waals surface area contributed by atoms with Crippen LogP contribution in [0.3, 0.4) is 0 Å². The summed E-state index contributed by atoms with van der Waals surface area (Å²) in [5, 5.41) is 0. The standard InChI is InChI=1S/C20H24BrNO5/c1-20(2,3)27-19(25)22-10-4-5-15(22)18(24)26-16-9-6-12-11-13(21)7-8-14(12)17(16)23/h7-8,11,15-16H,4-6,9-10H2,1-3H3. The summed E-state index contributed by atoms with van der Waals surface area (Å²) < 4.78 is 11.8. The van der Waals surface area contributed by atoms with E-state index in [1.54, 1.807) is 26.8 Å². The number of likely N-dealkylation sites (tertiary alicyclic amines) is 1. The molecule has 0 radical (unpaired) electrons. The molecule has 1 amide bonds. The van der Waals surface area contributed by atoms with Crippen molar-refractivity contribution in [2.24, 2.45) is 0 Å². The monoisotopic (exact) mass is 437 g/mol. The summed E-state index contributed by atoms with van der Waals surface area (Å²) in [6.07, 6.45) is 1.02. The van der Waals surface area contributed by atoms with Gasteiger partial charge in [-0.2, -0.15) is 0 Å². The van der Waals surface area contributed by atoms with Crippen LogP contribution in [0.15, 0.2) is 22.7 Å². The zero-order valence-corrected chi connectivity index (χ0v) is 17.4. The van der Waals surface area contributed by atoms with Gasteiger partial charge < -0.3 is 9.47 Å². The van der Waals surface area contributed by atoms with Gasteiger partial charge in [0.25, 0.3) is 0 Å². The van der Waals surface area contributed by atoms with Crippen LogP contribution in [-0.2, 0) is 20.7 Å². The number of halogens is 1. The van der Waals surface area contributed by atoms with Crippen molar-refractivity contribution in [3.8, 4) is 0 Å². The topological polar surface area (TPSA) is 72.9 Å². The number of rotatable bonds is 2. The number of ether oxygens (including phenoxy) is 2. The van der Waals surface area contributed by atoms with Gasteiger partial charge in [0.2, 0.25) is 5.78 Å². The lowest BCUT2D eigenvalue weighted by Gasteiger charge is -2.29.